The van der Waals surface area contributed by atoms with E-state index >= 15 is 0 Å². The second-order valence-electron chi connectivity index (χ2n) is 10.6. The standard InChI is InChI=1S/C22H43NO5/c1-19(2,3)26-16-10-13-22(23,14-11-17(24)27-20(4,5)6)15-12-18(25)28-21(7,8)9/h10-16,23H2,1-9H3. The number of carbonyl (C=O) groups excluding carboxylic acids is 2. The molecule has 0 atom stereocenters. The van der Waals surface area contributed by atoms with Crippen LogP contribution in [0.15, 0.2) is 0 Å². The minimum absolute atomic E-state index is 0.204. The highest BCUT2D eigenvalue weighted by Crippen LogP contribution is 2.25. The summed E-state index contributed by atoms with van der Waals surface area (Å²) in [4.78, 5) is 24.2. The van der Waals surface area contributed by atoms with Gasteiger partial charge in [-0.1, -0.05) is 0 Å². The first-order valence-corrected chi connectivity index (χ1v) is 10.3. The lowest BCUT2D eigenvalue weighted by atomic mass is 9.85. The molecule has 0 aromatic carbocycles. The van der Waals surface area contributed by atoms with Gasteiger partial charge in [0.25, 0.3) is 0 Å². The minimum Gasteiger partial charge on any atom is -0.460 e. The smallest absolute Gasteiger partial charge is 0.306 e. The number of hydrogen-bond donors (Lipinski definition) is 1. The Labute approximate surface area is 171 Å². The lowest BCUT2D eigenvalue weighted by Gasteiger charge is -2.31. The molecule has 6 nitrogen and oxygen atoms in total. The van der Waals surface area contributed by atoms with Crippen LogP contribution in [0.25, 0.3) is 0 Å². The van der Waals surface area contributed by atoms with Gasteiger partial charge in [0.05, 0.1) is 5.60 Å². The summed E-state index contributed by atoms with van der Waals surface area (Å²) in [5, 5.41) is 0. The Balaban J connectivity index is 4.79. The fourth-order valence-electron chi connectivity index (χ4n) is 2.66. The topological polar surface area (TPSA) is 87.9 Å². The third-order valence-corrected chi connectivity index (χ3v) is 3.85. The maximum Gasteiger partial charge on any atom is 0.306 e. The number of ether oxygens (including phenoxy) is 3. The molecule has 0 unspecified atom stereocenters. The maximum atomic E-state index is 12.1. The Hall–Kier alpha value is -1.14. The molecule has 0 aromatic rings. The van der Waals surface area contributed by atoms with E-state index in [1.807, 2.05) is 62.3 Å². The van der Waals surface area contributed by atoms with E-state index < -0.39 is 16.7 Å². The van der Waals surface area contributed by atoms with Gasteiger partial charge in [0, 0.05) is 25.0 Å². The summed E-state index contributed by atoms with van der Waals surface area (Å²) >= 11 is 0. The molecular weight excluding hydrogens is 358 g/mol. The van der Waals surface area contributed by atoms with Gasteiger partial charge in [0.1, 0.15) is 11.2 Å². The van der Waals surface area contributed by atoms with E-state index in [1.165, 1.54) is 0 Å². The lowest BCUT2D eigenvalue weighted by molar-refractivity contribution is -0.155. The highest BCUT2D eigenvalue weighted by molar-refractivity contribution is 5.70. The van der Waals surface area contributed by atoms with E-state index in [0.717, 1.165) is 6.42 Å². The summed E-state index contributed by atoms with van der Waals surface area (Å²) in [6, 6.07) is 0. The van der Waals surface area contributed by atoms with Crippen molar-refractivity contribution in [3.05, 3.63) is 0 Å². The molecule has 0 aromatic heterocycles. The van der Waals surface area contributed by atoms with E-state index in [-0.39, 0.29) is 30.4 Å². The summed E-state index contributed by atoms with van der Waals surface area (Å²) in [5.41, 5.74) is 4.71. The van der Waals surface area contributed by atoms with E-state index in [1.54, 1.807) is 0 Å². The van der Waals surface area contributed by atoms with Crippen molar-refractivity contribution in [2.24, 2.45) is 5.73 Å². The molecule has 0 aliphatic rings. The van der Waals surface area contributed by atoms with Crippen molar-refractivity contribution >= 4 is 11.9 Å². The fourth-order valence-corrected chi connectivity index (χ4v) is 2.66. The van der Waals surface area contributed by atoms with Crippen LogP contribution < -0.4 is 5.73 Å². The Bertz CT molecular complexity index is 463. The molecule has 0 aliphatic heterocycles. The summed E-state index contributed by atoms with van der Waals surface area (Å²) in [6.07, 6.45) is 2.79. The molecule has 0 fully saturated rings. The third kappa shape index (κ3) is 15.9. The van der Waals surface area contributed by atoms with Crippen LogP contribution >= 0.6 is 0 Å². The second-order valence-corrected chi connectivity index (χ2v) is 10.6. The van der Waals surface area contributed by atoms with Crippen molar-refractivity contribution in [1.82, 2.24) is 0 Å². The fraction of sp³-hybridized carbons (Fsp3) is 0.909. The van der Waals surface area contributed by atoms with E-state index in [9.17, 15) is 9.59 Å². The zero-order chi connectivity index (χ0) is 22.2. The van der Waals surface area contributed by atoms with Crippen LogP contribution in [0.4, 0.5) is 0 Å². The predicted octanol–water partition coefficient (Wildman–Crippen LogP) is 4.52. The number of nitrogens with two attached hydrogens (primary N) is 1. The molecule has 0 radical (unpaired) electrons. The molecule has 0 rings (SSSR count). The average molecular weight is 402 g/mol. The molecule has 6 heteroatoms. The van der Waals surface area contributed by atoms with E-state index in [4.69, 9.17) is 19.9 Å². The van der Waals surface area contributed by atoms with Crippen molar-refractivity contribution in [3.8, 4) is 0 Å². The Morgan fingerprint density at radius 2 is 1.07 bits per heavy atom. The van der Waals surface area contributed by atoms with Crippen molar-refractivity contribution < 1.29 is 23.8 Å². The summed E-state index contributed by atoms with van der Waals surface area (Å²) in [5.74, 6) is -0.545. The molecule has 0 saturated carbocycles. The summed E-state index contributed by atoms with van der Waals surface area (Å²) < 4.78 is 16.5. The number of esters is 2. The molecule has 28 heavy (non-hydrogen) atoms. The second kappa shape index (κ2) is 10.6. The maximum absolute atomic E-state index is 12.1. The van der Waals surface area contributed by atoms with Crippen LogP contribution in [0.1, 0.15) is 101 Å². The Morgan fingerprint density at radius 3 is 1.39 bits per heavy atom. The van der Waals surface area contributed by atoms with E-state index in [0.29, 0.717) is 25.9 Å². The monoisotopic (exact) mass is 401 g/mol. The van der Waals surface area contributed by atoms with Crippen molar-refractivity contribution in [3.63, 3.8) is 0 Å². The molecule has 0 aliphatic carbocycles. The number of hydrogen-bond acceptors (Lipinski definition) is 6. The number of carbonyl (C=O) groups is 2. The molecule has 0 spiro atoms. The normalized spacial score (nSPS) is 13.4. The van der Waals surface area contributed by atoms with Gasteiger partial charge >= 0.3 is 11.9 Å². The van der Waals surface area contributed by atoms with Gasteiger partial charge in [-0.25, -0.2) is 0 Å². The first-order valence-electron chi connectivity index (χ1n) is 10.3. The Morgan fingerprint density at radius 1 is 0.679 bits per heavy atom. The third-order valence-electron chi connectivity index (χ3n) is 3.85. The minimum atomic E-state index is -0.644. The van der Waals surface area contributed by atoms with Gasteiger partial charge in [-0.2, -0.15) is 0 Å². The van der Waals surface area contributed by atoms with Crippen molar-refractivity contribution in [2.45, 2.75) is 123 Å². The van der Waals surface area contributed by atoms with Gasteiger partial charge < -0.3 is 19.9 Å². The molecule has 0 amide bonds. The van der Waals surface area contributed by atoms with E-state index in [2.05, 4.69) is 0 Å². The first kappa shape index (κ1) is 26.9. The van der Waals surface area contributed by atoms with Gasteiger partial charge in [-0.3, -0.25) is 9.59 Å². The Kier molecular flexibility index (Phi) is 10.2. The molecule has 2 N–H and O–H groups in total. The number of rotatable bonds is 10. The summed E-state index contributed by atoms with van der Waals surface area (Å²) in [6.45, 7) is 17.6. The zero-order valence-corrected chi connectivity index (χ0v) is 19.6. The quantitative estimate of drug-likeness (QED) is 0.428. The van der Waals surface area contributed by atoms with Crippen LogP contribution in [0.2, 0.25) is 0 Å². The average Bonchev–Trinajstić information content (AvgIpc) is 2.44. The van der Waals surface area contributed by atoms with Crippen LogP contribution in [0.3, 0.4) is 0 Å². The van der Waals surface area contributed by atoms with Crippen molar-refractivity contribution in [1.29, 1.82) is 0 Å². The van der Waals surface area contributed by atoms with Gasteiger partial charge in [-0.15, -0.1) is 0 Å². The highest BCUT2D eigenvalue weighted by atomic mass is 16.6. The lowest BCUT2D eigenvalue weighted by Crippen LogP contribution is -2.42. The largest absolute Gasteiger partial charge is 0.460 e. The van der Waals surface area contributed by atoms with Crippen molar-refractivity contribution in [2.75, 3.05) is 6.61 Å². The van der Waals surface area contributed by atoms with Gasteiger partial charge in [0.15, 0.2) is 0 Å². The highest BCUT2D eigenvalue weighted by Gasteiger charge is 2.29. The van der Waals surface area contributed by atoms with Crippen LogP contribution in [-0.4, -0.2) is 40.9 Å². The van der Waals surface area contributed by atoms with Crippen LogP contribution in [0.5, 0.6) is 0 Å². The van der Waals surface area contributed by atoms with Gasteiger partial charge in [-0.05, 0) is 88.0 Å². The molecule has 0 heterocycles. The first-order chi connectivity index (χ1) is 12.4. The molecular formula is C22H43NO5. The predicted molar refractivity (Wildman–Crippen MR) is 112 cm³/mol. The molecule has 0 bridgehead atoms. The van der Waals surface area contributed by atoms with Gasteiger partial charge in [0.2, 0.25) is 0 Å². The molecule has 0 saturated heterocycles. The zero-order valence-electron chi connectivity index (χ0n) is 19.6. The van der Waals surface area contributed by atoms with Crippen LogP contribution in [0, 0.1) is 0 Å². The summed E-state index contributed by atoms with van der Waals surface area (Å²) in [7, 11) is 0. The van der Waals surface area contributed by atoms with Crippen LogP contribution in [-0.2, 0) is 23.8 Å². The SMILES string of the molecule is CC(C)(C)OCCCC(N)(CCC(=O)OC(C)(C)C)CCC(=O)OC(C)(C)C. The molecule has 166 valence electrons.